The van der Waals surface area contributed by atoms with Crippen LogP contribution >= 0.6 is 0 Å². The molecule has 132 valence electrons. The Morgan fingerprint density at radius 3 is 2.62 bits per heavy atom. The number of rotatable bonds is 6. The van der Waals surface area contributed by atoms with E-state index in [0.29, 0.717) is 19.0 Å². The van der Waals surface area contributed by atoms with Crippen LogP contribution in [0.3, 0.4) is 0 Å². The van der Waals surface area contributed by atoms with Crippen molar-refractivity contribution in [3.63, 3.8) is 0 Å². The fourth-order valence-electron chi connectivity index (χ4n) is 2.86. The maximum absolute atomic E-state index is 12.0. The van der Waals surface area contributed by atoms with Gasteiger partial charge in [0.15, 0.2) is 0 Å². The van der Waals surface area contributed by atoms with E-state index in [9.17, 15) is 9.59 Å². The van der Waals surface area contributed by atoms with Gasteiger partial charge in [0, 0.05) is 20.2 Å². The van der Waals surface area contributed by atoms with Crippen molar-refractivity contribution in [2.75, 3.05) is 33.6 Å². The molecule has 1 aliphatic rings. The number of likely N-dealkylation sites (tertiary alicyclic amines) is 1. The lowest BCUT2D eigenvalue weighted by Gasteiger charge is -2.31. The van der Waals surface area contributed by atoms with Crippen LogP contribution in [0.4, 0.5) is 4.79 Å². The molecule has 0 saturated carbocycles. The molecule has 24 heavy (non-hydrogen) atoms. The quantitative estimate of drug-likeness (QED) is 0.591. The number of aryl methyl sites for hydroxylation is 1. The Bertz CT molecular complexity index is 552. The van der Waals surface area contributed by atoms with Crippen LogP contribution in [0.1, 0.15) is 36.8 Å². The van der Waals surface area contributed by atoms with E-state index >= 15 is 0 Å². The first-order chi connectivity index (χ1) is 11.6. The van der Waals surface area contributed by atoms with Gasteiger partial charge >= 0.3 is 12.1 Å². The van der Waals surface area contributed by atoms with E-state index < -0.39 is 12.1 Å². The van der Waals surface area contributed by atoms with Gasteiger partial charge in [-0.25, -0.2) is 9.59 Å². The Kier molecular flexibility index (Phi) is 7.06. The smallest absolute Gasteiger partial charge is 0.412 e. The van der Waals surface area contributed by atoms with E-state index in [1.165, 1.54) is 18.2 Å². The van der Waals surface area contributed by atoms with Crippen LogP contribution in [0.2, 0.25) is 0 Å². The number of carbonyl (C=O) groups is 2. The van der Waals surface area contributed by atoms with Crippen molar-refractivity contribution in [1.29, 1.82) is 0 Å². The van der Waals surface area contributed by atoms with Gasteiger partial charge in [0.1, 0.15) is 6.61 Å². The molecule has 2 rings (SSSR count). The van der Waals surface area contributed by atoms with Crippen LogP contribution in [0.15, 0.2) is 24.3 Å². The van der Waals surface area contributed by atoms with E-state index in [1.807, 2.05) is 0 Å². The van der Waals surface area contributed by atoms with Crippen molar-refractivity contribution in [1.82, 2.24) is 4.90 Å². The molecule has 1 fully saturated rings. The molecule has 6 heteroatoms. The number of nitrogens with zero attached hydrogens (tertiary/aromatic N) is 1. The third-order valence-corrected chi connectivity index (χ3v) is 4.25. The zero-order chi connectivity index (χ0) is 17.4. The Balaban J connectivity index is 1.75. The summed E-state index contributed by atoms with van der Waals surface area (Å²) in [4.78, 5) is 24.7. The first-order valence-corrected chi connectivity index (χ1v) is 8.29. The second-order valence-electron chi connectivity index (χ2n) is 5.84. The molecular formula is C18H25NO5. The lowest BCUT2D eigenvalue weighted by molar-refractivity contribution is -0.156. The SMILES string of the molecule is CCc1cccc(C2CCN(C(=O)OCOC(=O)COC)CC2)c1. The average Bonchev–Trinajstić information content (AvgIpc) is 2.62. The number of amides is 1. The second kappa shape index (κ2) is 9.27. The van der Waals surface area contributed by atoms with Gasteiger partial charge in [-0.1, -0.05) is 31.2 Å². The van der Waals surface area contributed by atoms with E-state index in [4.69, 9.17) is 9.47 Å². The molecule has 1 saturated heterocycles. The van der Waals surface area contributed by atoms with Gasteiger partial charge < -0.3 is 19.1 Å². The molecule has 1 amide bonds. The largest absolute Gasteiger partial charge is 0.426 e. The number of ether oxygens (including phenoxy) is 3. The normalized spacial score (nSPS) is 15.2. The van der Waals surface area contributed by atoms with Gasteiger partial charge in [-0.15, -0.1) is 0 Å². The van der Waals surface area contributed by atoms with E-state index in [1.54, 1.807) is 4.90 Å². The van der Waals surface area contributed by atoms with Gasteiger partial charge in [0.05, 0.1) is 0 Å². The molecule has 0 spiro atoms. The standard InChI is InChI=1S/C18H25NO5/c1-3-14-5-4-6-16(11-14)15-7-9-19(10-8-15)18(21)24-13-23-17(20)12-22-2/h4-6,11,15H,3,7-10,12-13H2,1-2H3. The number of hydrogen-bond acceptors (Lipinski definition) is 5. The molecule has 1 aromatic carbocycles. The first kappa shape index (κ1) is 18.3. The second-order valence-corrected chi connectivity index (χ2v) is 5.84. The molecule has 0 radical (unpaired) electrons. The monoisotopic (exact) mass is 335 g/mol. The Labute approximate surface area is 142 Å². The summed E-state index contributed by atoms with van der Waals surface area (Å²) >= 11 is 0. The number of methoxy groups -OCH3 is 1. The van der Waals surface area contributed by atoms with Crippen molar-refractivity contribution in [3.05, 3.63) is 35.4 Å². The lowest BCUT2D eigenvalue weighted by Crippen LogP contribution is -2.38. The highest BCUT2D eigenvalue weighted by Crippen LogP contribution is 2.28. The third-order valence-electron chi connectivity index (χ3n) is 4.25. The summed E-state index contributed by atoms with van der Waals surface area (Å²) < 4.78 is 14.3. The van der Waals surface area contributed by atoms with E-state index in [2.05, 4.69) is 35.9 Å². The zero-order valence-electron chi connectivity index (χ0n) is 14.3. The van der Waals surface area contributed by atoms with Crippen LogP contribution in [0.25, 0.3) is 0 Å². The minimum atomic E-state index is -0.556. The summed E-state index contributed by atoms with van der Waals surface area (Å²) in [6, 6.07) is 8.66. The fourth-order valence-corrected chi connectivity index (χ4v) is 2.86. The number of carbonyl (C=O) groups excluding carboxylic acids is 2. The minimum Gasteiger partial charge on any atom is -0.426 e. The summed E-state index contributed by atoms with van der Waals surface area (Å²) in [5.41, 5.74) is 2.68. The van der Waals surface area contributed by atoms with Crippen LogP contribution in [0.5, 0.6) is 0 Å². The number of esters is 1. The summed E-state index contributed by atoms with van der Waals surface area (Å²) in [5, 5.41) is 0. The molecule has 6 nitrogen and oxygen atoms in total. The highest BCUT2D eigenvalue weighted by Gasteiger charge is 2.25. The number of piperidine rings is 1. The molecule has 0 aromatic heterocycles. The number of benzene rings is 1. The highest BCUT2D eigenvalue weighted by molar-refractivity contribution is 5.71. The molecule has 0 bridgehead atoms. The Morgan fingerprint density at radius 1 is 1.21 bits per heavy atom. The van der Waals surface area contributed by atoms with Crippen molar-refractivity contribution < 1.29 is 23.8 Å². The van der Waals surface area contributed by atoms with Gasteiger partial charge in [0.2, 0.25) is 6.79 Å². The maximum Gasteiger partial charge on any atom is 0.412 e. The highest BCUT2D eigenvalue weighted by atomic mass is 16.7. The minimum absolute atomic E-state index is 0.153. The molecular weight excluding hydrogens is 310 g/mol. The van der Waals surface area contributed by atoms with Gasteiger partial charge in [0.25, 0.3) is 0 Å². The fraction of sp³-hybridized carbons (Fsp3) is 0.556. The summed E-state index contributed by atoms with van der Waals surface area (Å²) in [6.07, 6.45) is 2.40. The summed E-state index contributed by atoms with van der Waals surface area (Å²) in [5.74, 6) is -0.0834. The molecule has 0 aliphatic carbocycles. The first-order valence-electron chi connectivity index (χ1n) is 8.29. The molecule has 0 atom stereocenters. The van der Waals surface area contributed by atoms with Crippen LogP contribution in [-0.4, -0.2) is 50.6 Å². The molecule has 1 aromatic rings. The van der Waals surface area contributed by atoms with Gasteiger partial charge in [-0.2, -0.15) is 0 Å². The molecule has 1 heterocycles. The van der Waals surface area contributed by atoms with Gasteiger partial charge in [-0.05, 0) is 36.3 Å². The number of hydrogen-bond donors (Lipinski definition) is 0. The Hall–Kier alpha value is -2.08. The van der Waals surface area contributed by atoms with Crippen LogP contribution in [-0.2, 0) is 25.4 Å². The van der Waals surface area contributed by atoms with Crippen LogP contribution < -0.4 is 0 Å². The van der Waals surface area contributed by atoms with Gasteiger partial charge in [-0.3, -0.25) is 0 Å². The topological polar surface area (TPSA) is 65.1 Å². The van der Waals surface area contributed by atoms with Crippen LogP contribution in [0, 0.1) is 0 Å². The maximum atomic E-state index is 12.0. The summed E-state index contributed by atoms with van der Waals surface area (Å²) in [6.45, 7) is 2.91. The molecule has 0 unspecified atom stereocenters. The van der Waals surface area contributed by atoms with E-state index in [0.717, 1.165) is 19.3 Å². The zero-order valence-corrected chi connectivity index (χ0v) is 14.3. The van der Waals surface area contributed by atoms with Crippen molar-refractivity contribution in [2.45, 2.75) is 32.1 Å². The predicted molar refractivity (Wildman–Crippen MR) is 88.7 cm³/mol. The van der Waals surface area contributed by atoms with Crippen molar-refractivity contribution >= 4 is 12.1 Å². The Morgan fingerprint density at radius 2 is 1.96 bits per heavy atom. The van der Waals surface area contributed by atoms with Crippen molar-refractivity contribution in [2.24, 2.45) is 0 Å². The predicted octanol–water partition coefficient (Wildman–Crippen LogP) is 2.71. The third kappa shape index (κ3) is 5.23. The molecule has 1 aliphatic heterocycles. The van der Waals surface area contributed by atoms with Crippen molar-refractivity contribution in [3.8, 4) is 0 Å². The van der Waals surface area contributed by atoms with E-state index in [-0.39, 0.29) is 13.4 Å². The average molecular weight is 335 g/mol. The summed E-state index contributed by atoms with van der Waals surface area (Å²) in [7, 11) is 1.40. The lowest BCUT2D eigenvalue weighted by atomic mass is 9.88. The molecule has 0 N–H and O–H groups in total.